The highest BCUT2D eigenvalue weighted by Gasteiger charge is 2.13. The van der Waals surface area contributed by atoms with Crippen LogP contribution in [-0.4, -0.2) is 22.1 Å². The van der Waals surface area contributed by atoms with Crippen LogP contribution >= 0.6 is 0 Å². The first-order chi connectivity index (χ1) is 8.99. The topological polar surface area (TPSA) is 76.2 Å². The molecule has 0 fully saturated rings. The normalized spacial score (nSPS) is 12.8. The SMILES string of the molecule is CC(C)c1cncc2cc(CC(N)C(=O)O)ccc12. The van der Waals surface area contributed by atoms with E-state index in [0.29, 0.717) is 12.3 Å². The molecule has 2 rings (SSSR count). The van der Waals surface area contributed by atoms with Gasteiger partial charge in [0.25, 0.3) is 0 Å². The third-order valence-corrected chi connectivity index (χ3v) is 3.25. The van der Waals surface area contributed by atoms with Crippen LogP contribution in [0.2, 0.25) is 0 Å². The van der Waals surface area contributed by atoms with Gasteiger partial charge in [-0.15, -0.1) is 0 Å². The maximum atomic E-state index is 10.8. The first kappa shape index (κ1) is 13.5. The number of hydrogen-bond acceptors (Lipinski definition) is 3. The largest absolute Gasteiger partial charge is 0.480 e. The summed E-state index contributed by atoms with van der Waals surface area (Å²) in [6, 6.07) is 5.07. The van der Waals surface area contributed by atoms with Crippen LogP contribution in [0.1, 0.15) is 30.9 Å². The molecule has 1 aromatic heterocycles. The van der Waals surface area contributed by atoms with Gasteiger partial charge in [-0.25, -0.2) is 0 Å². The number of fused-ring (bicyclic) bond motifs is 1. The van der Waals surface area contributed by atoms with Gasteiger partial charge in [0.2, 0.25) is 0 Å². The predicted molar refractivity (Wildman–Crippen MR) is 75.1 cm³/mol. The lowest BCUT2D eigenvalue weighted by atomic mass is 9.96. The van der Waals surface area contributed by atoms with Crippen LogP contribution in [0, 0.1) is 0 Å². The van der Waals surface area contributed by atoms with E-state index in [1.807, 2.05) is 24.4 Å². The number of carbonyl (C=O) groups is 1. The zero-order chi connectivity index (χ0) is 14.0. The van der Waals surface area contributed by atoms with Crippen molar-refractivity contribution < 1.29 is 9.90 Å². The minimum atomic E-state index is -0.978. The summed E-state index contributed by atoms with van der Waals surface area (Å²) < 4.78 is 0. The quantitative estimate of drug-likeness (QED) is 0.882. The Hall–Kier alpha value is -1.94. The summed E-state index contributed by atoms with van der Waals surface area (Å²) in [6.45, 7) is 4.26. The molecular formula is C15H18N2O2. The van der Waals surface area contributed by atoms with Gasteiger partial charge in [0.1, 0.15) is 6.04 Å². The molecule has 1 aromatic carbocycles. The van der Waals surface area contributed by atoms with E-state index >= 15 is 0 Å². The van der Waals surface area contributed by atoms with Crippen LogP contribution in [0.5, 0.6) is 0 Å². The molecule has 0 aliphatic carbocycles. The van der Waals surface area contributed by atoms with Crippen molar-refractivity contribution in [3.8, 4) is 0 Å². The van der Waals surface area contributed by atoms with E-state index < -0.39 is 12.0 Å². The van der Waals surface area contributed by atoms with Gasteiger partial charge in [0.15, 0.2) is 0 Å². The van der Waals surface area contributed by atoms with Gasteiger partial charge in [-0.05, 0) is 34.9 Å². The lowest BCUT2D eigenvalue weighted by molar-refractivity contribution is -0.138. The van der Waals surface area contributed by atoms with Crippen molar-refractivity contribution in [2.24, 2.45) is 5.73 Å². The molecule has 0 saturated carbocycles. The Bertz CT molecular complexity index is 608. The molecule has 0 radical (unpaired) electrons. The summed E-state index contributed by atoms with van der Waals surface area (Å²) in [5.41, 5.74) is 7.68. The Kier molecular flexibility index (Phi) is 3.81. The fourth-order valence-corrected chi connectivity index (χ4v) is 2.18. The number of rotatable bonds is 4. The zero-order valence-corrected chi connectivity index (χ0v) is 11.1. The number of carboxylic acids is 1. The average molecular weight is 258 g/mol. The predicted octanol–water partition coefficient (Wildman–Crippen LogP) is 2.31. The summed E-state index contributed by atoms with van der Waals surface area (Å²) in [4.78, 5) is 15.0. The second-order valence-corrected chi connectivity index (χ2v) is 5.09. The molecule has 0 spiro atoms. The first-order valence-corrected chi connectivity index (χ1v) is 6.34. The maximum absolute atomic E-state index is 10.8. The van der Waals surface area contributed by atoms with Crippen LogP contribution in [-0.2, 0) is 11.2 Å². The van der Waals surface area contributed by atoms with Crippen LogP contribution in [0.4, 0.5) is 0 Å². The smallest absolute Gasteiger partial charge is 0.320 e. The van der Waals surface area contributed by atoms with Crippen molar-refractivity contribution in [1.82, 2.24) is 4.98 Å². The number of benzene rings is 1. The zero-order valence-electron chi connectivity index (χ0n) is 11.1. The third kappa shape index (κ3) is 2.90. The van der Waals surface area contributed by atoms with E-state index in [1.54, 1.807) is 6.20 Å². The molecule has 0 aliphatic rings. The van der Waals surface area contributed by atoms with Crippen molar-refractivity contribution in [2.45, 2.75) is 32.2 Å². The van der Waals surface area contributed by atoms with E-state index in [2.05, 4.69) is 18.8 Å². The number of aliphatic carboxylic acids is 1. The fourth-order valence-electron chi connectivity index (χ4n) is 2.18. The number of aromatic nitrogens is 1. The number of nitrogens with zero attached hydrogens (tertiary/aromatic N) is 1. The molecule has 4 nitrogen and oxygen atoms in total. The van der Waals surface area contributed by atoms with E-state index in [0.717, 1.165) is 16.3 Å². The lowest BCUT2D eigenvalue weighted by Crippen LogP contribution is -2.32. The Morgan fingerprint density at radius 1 is 1.37 bits per heavy atom. The van der Waals surface area contributed by atoms with Crippen molar-refractivity contribution in [1.29, 1.82) is 0 Å². The highest BCUT2D eigenvalue weighted by atomic mass is 16.4. The Morgan fingerprint density at radius 3 is 2.74 bits per heavy atom. The van der Waals surface area contributed by atoms with Gasteiger partial charge in [0.05, 0.1) is 0 Å². The van der Waals surface area contributed by atoms with Crippen molar-refractivity contribution >= 4 is 16.7 Å². The minimum Gasteiger partial charge on any atom is -0.480 e. The van der Waals surface area contributed by atoms with Gasteiger partial charge < -0.3 is 10.8 Å². The Balaban J connectivity index is 2.39. The standard InChI is InChI=1S/C15H18N2O2/c1-9(2)13-8-17-7-11-5-10(3-4-12(11)13)6-14(16)15(18)19/h3-5,7-9,14H,6,16H2,1-2H3,(H,18,19). The number of hydrogen-bond donors (Lipinski definition) is 2. The molecule has 4 heteroatoms. The fraction of sp³-hybridized carbons (Fsp3) is 0.333. The highest BCUT2D eigenvalue weighted by Crippen LogP contribution is 2.25. The van der Waals surface area contributed by atoms with E-state index in [4.69, 9.17) is 10.8 Å². The van der Waals surface area contributed by atoms with Crippen LogP contribution in [0.15, 0.2) is 30.6 Å². The Labute approximate surface area is 112 Å². The van der Waals surface area contributed by atoms with Gasteiger partial charge in [-0.2, -0.15) is 0 Å². The van der Waals surface area contributed by atoms with E-state index in [1.165, 1.54) is 5.56 Å². The molecular weight excluding hydrogens is 240 g/mol. The van der Waals surface area contributed by atoms with Crippen molar-refractivity contribution in [2.75, 3.05) is 0 Å². The van der Waals surface area contributed by atoms with Gasteiger partial charge >= 0.3 is 5.97 Å². The summed E-state index contributed by atoms with van der Waals surface area (Å²) in [5, 5.41) is 11.0. The van der Waals surface area contributed by atoms with Gasteiger partial charge in [-0.3, -0.25) is 9.78 Å². The molecule has 1 heterocycles. The monoisotopic (exact) mass is 258 g/mol. The molecule has 100 valence electrons. The molecule has 1 unspecified atom stereocenters. The second-order valence-electron chi connectivity index (χ2n) is 5.09. The summed E-state index contributed by atoms with van der Waals surface area (Å²) in [6.07, 6.45) is 4.02. The number of carboxylic acid groups (broad SMARTS) is 1. The summed E-state index contributed by atoms with van der Waals surface area (Å²) in [7, 11) is 0. The Morgan fingerprint density at radius 2 is 2.11 bits per heavy atom. The van der Waals surface area contributed by atoms with Gasteiger partial charge in [0, 0.05) is 17.8 Å². The van der Waals surface area contributed by atoms with Crippen molar-refractivity contribution in [3.63, 3.8) is 0 Å². The van der Waals surface area contributed by atoms with E-state index in [-0.39, 0.29) is 0 Å². The summed E-state index contributed by atoms with van der Waals surface area (Å²) in [5.74, 6) is -0.572. The minimum absolute atomic E-state index is 0.331. The van der Waals surface area contributed by atoms with Crippen LogP contribution < -0.4 is 5.73 Å². The van der Waals surface area contributed by atoms with E-state index in [9.17, 15) is 4.79 Å². The lowest BCUT2D eigenvalue weighted by Gasteiger charge is -2.11. The van der Waals surface area contributed by atoms with Gasteiger partial charge in [-0.1, -0.05) is 26.0 Å². The second kappa shape index (κ2) is 5.36. The molecule has 2 aromatic rings. The number of nitrogens with two attached hydrogens (primary N) is 1. The van der Waals surface area contributed by atoms with Crippen LogP contribution in [0.3, 0.4) is 0 Å². The molecule has 19 heavy (non-hydrogen) atoms. The maximum Gasteiger partial charge on any atom is 0.320 e. The molecule has 0 saturated heterocycles. The first-order valence-electron chi connectivity index (χ1n) is 6.34. The van der Waals surface area contributed by atoms with Crippen LogP contribution in [0.25, 0.3) is 10.8 Å². The molecule has 0 bridgehead atoms. The number of pyridine rings is 1. The third-order valence-electron chi connectivity index (χ3n) is 3.25. The molecule has 3 N–H and O–H groups in total. The average Bonchev–Trinajstić information content (AvgIpc) is 2.37. The molecule has 0 amide bonds. The molecule has 1 atom stereocenters. The summed E-state index contributed by atoms with van der Waals surface area (Å²) >= 11 is 0. The van der Waals surface area contributed by atoms with Crippen molar-refractivity contribution in [3.05, 3.63) is 41.7 Å². The molecule has 0 aliphatic heterocycles. The highest BCUT2D eigenvalue weighted by molar-refractivity contribution is 5.86.